The van der Waals surface area contributed by atoms with Crippen LogP contribution in [0.1, 0.15) is 57.7 Å². The molecule has 3 amide bonds. The maximum Gasteiger partial charge on any atom is 0.260 e. The first-order chi connectivity index (χ1) is 23.9. The van der Waals surface area contributed by atoms with E-state index < -0.39 is 56.2 Å². The molecule has 2 aromatic heterocycles. The molecule has 1 aromatic carbocycles. The number of methoxy groups -OCH3 is 1. The zero-order valence-electron chi connectivity index (χ0n) is 29.2. The highest BCUT2D eigenvalue weighted by Gasteiger charge is 2.62. The lowest BCUT2D eigenvalue weighted by Crippen LogP contribution is -2.58. The predicted molar refractivity (Wildman–Crippen MR) is 202 cm³/mol. The molecule has 0 radical (unpaired) electrons. The Hall–Kier alpha value is -3.44. The summed E-state index contributed by atoms with van der Waals surface area (Å²) in [5, 5.41) is 7.36. The second kappa shape index (κ2) is 13.8. The minimum Gasteiger partial charge on any atom is -0.494 e. The number of aromatic nitrogens is 2. The average Bonchev–Trinajstić information content (AvgIpc) is 3.96. The molecule has 1 saturated heterocycles. The number of ether oxygens (including phenoxy) is 2. The van der Waals surface area contributed by atoms with E-state index >= 15 is 0 Å². The number of carbonyl (C=O) groups excluding carboxylic acids is 3. The molecule has 6 rings (SSSR count). The van der Waals surface area contributed by atoms with Crippen molar-refractivity contribution in [3.8, 4) is 11.6 Å². The van der Waals surface area contributed by atoms with E-state index in [1.807, 2.05) is 69.3 Å². The summed E-state index contributed by atoms with van der Waals surface area (Å²) in [5.74, 6) is -0.405. The Labute approximate surface area is 316 Å². The largest absolute Gasteiger partial charge is 0.494 e. The van der Waals surface area contributed by atoms with Crippen LogP contribution in [-0.4, -0.2) is 87.6 Å². The second-order valence-electron chi connectivity index (χ2n) is 14.7. The lowest BCUT2D eigenvalue weighted by atomic mass is 9.85. The number of halogens is 2. The number of hydrogen-bond donors (Lipinski definition) is 3. The predicted octanol–water partition coefficient (Wildman–Crippen LogP) is 4.45. The summed E-state index contributed by atoms with van der Waals surface area (Å²) in [7, 11) is -2.30. The molecule has 1 unspecified atom stereocenters. The van der Waals surface area contributed by atoms with Gasteiger partial charge in [-0.1, -0.05) is 55.0 Å². The van der Waals surface area contributed by atoms with Crippen molar-refractivity contribution in [2.24, 2.45) is 5.41 Å². The number of carbonyl (C=O) groups is 3. The monoisotopic (exact) mass is 852 g/mol. The molecule has 274 valence electrons. The third kappa shape index (κ3) is 7.84. The minimum atomic E-state index is -3.84. The maximum absolute atomic E-state index is 14.7. The lowest BCUT2D eigenvalue weighted by molar-refractivity contribution is -0.141. The SMILES string of the molecule is COc1cnc(O[C@@H]2C[C@@H](C(=O)N[C@]3(C(=O)NS(=O)(=O)C4CC4)C[C@H]3I)N(C(=O)C(Nc3cc(C)cc(C)n3)C(C)(C)C)C2)c2cc(Cl)ccc12. The molecule has 2 saturated carbocycles. The molecule has 5 atom stereocenters. The summed E-state index contributed by atoms with van der Waals surface area (Å²) in [4.78, 5) is 52.9. The Balaban J connectivity index is 1.31. The van der Waals surface area contributed by atoms with Gasteiger partial charge < -0.3 is 25.0 Å². The molecule has 0 bridgehead atoms. The van der Waals surface area contributed by atoms with Gasteiger partial charge in [0.15, 0.2) is 0 Å². The first kappa shape index (κ1) is 37.3. The van der Waals surface area contributed by atoms with E-state index in [-0.39, 0.29) is 35.1 Å². The van der Waals surface area contributed by atoms with Gasteiger partial charge in [-0.25, -0.2) is 18.4 Å². The molecule has 13 nitrogen and oxygen atoms in total. The molecular formula is C35H42ClIN6O7S. The molecule has 3 aromatic rings. The fourth-order valence-corrected chi connectivity index (χ4v) is 9.13. The number of benzene rings is 1. The molecule has 0 spiro atoms. The summed E-state index contributed by atoms with van der Waals surface area (Å²) < 4.78 is 39.1. The van der Waals surface area contributed by atoms with E-state index in [2.05, 4.69) is 25.3 Å². The molecule has 3 heterocycles. The number of pyridine rings is 2. The highest BCUT2D eigenvalue weighted by atomic mass is 127. The standard InChI is InChI=1S/C35H42ClIN6O7S/c1-18-11-19(2)39-28(12-18)40-29(34(3,4)5)32(45)43-17-21(50-31-24-13-20(36)7-10-23(24)26(49-6)16-38-31)14-25(43)30(44)41-35(15-27(35)37)33(46)42-51(47,48)22-8-9-22/h7,10-13,16,21-22,25,27,29H,8-9,14-15,17H2,1-6H3,(H,39,40)(H,41,44)(H,42,46)/t21-,25+,27-,29?,35-/m1/s1. The van der Waals surface area contributed by atoms with Gasteiger partial charge in [-0.3, -0.25) is 19.1 Å². The normalized spacial score (nSPS) is 23.8. The third-order valence-corrected chi connectivity index (χ3v) is 13.0. The number of nitrogens with one attached hydrogen (secondary N) is 3. The minimum absolute atomic E-state index is 0.0319. The fourth-order valence-electron chi connectivity index (χ4n) is 6.46. The highest BCUT2D eigenvalue weighted by molar-refractivity contribution is 14.1. The van der Waals surface area contributed by atoms with Crippen molar-refractivity contribution in [2.45, 2.75) is 93.2 Å². The third-order valence-electron chi connectivity index (χ3n) is 9.45. The number of sulfonamides is 1. The van der Waals surface area contributed by atoms with Crippen LogP contribution in [0.3, 0.4) is 0 Å². The van der Waals surface area contributed by atoms with Crippen LogP contribution in [0.4, 0.5) is 5.82 Å². The number of alkyl halides is 1. The van der Waals surface area contributed by atoms with Gasteiger partial charge in [0, 0.05) is 31.8 Å². The van der Waals surface area contributed by atoms with Crippen LogP contribution in [-0.2, 0) is 24.4 Å². The van der Waals surface area contributed by atoms with Gasteiger partial charge in [0.2, 0.25) is 27.7 Å². The number of fused-ring (bicyclic) bond motifs is 1. The van der Waals surface area contributed by atoms with Crippen molar-refractivity contribution in [1.29, 1.82) is 0 Å². The zero-order valence-corrected chi connectivity index (χ0v) is 33.0. The smallest absolute Gasteiger partial charge is 0.260 e. The van der Waals surface area contributed by atoms with Crippen LogP contribution < -0.4 is 24.8 Å². The van der Waals surface area contributed by atoms with E-state index in [1.54, 1.807) is 18.2 Å². The summed E-state index contributed by atoms with van der Waals surface area (Å²) >= 11 is 8.38. The number of anilines is 1. The van der Waals surface area contributed by atoms with E-state index in [9.17, 15) is 22.8 Å². The Morgan fingerprint density at radius 2 is 1.82 bits per heavy atom. The summed E-state index contributed by atoms with van der Waals surface area (Å²) in [6.07, 6.45) is 2.16. The van der Waals surface area contributed by atoms with Gasteiger partial charge >= 0.3 is 0 Å². The van der Waals surface area contributed by atoms with Crippen LogP contribution in [0.5, 0.6) is 11.6 Å². The van der Waals surface area contributed by atoms with Gasteiger partial charge in [-0.2, -0.15) is 0 Å². The van der Waals surface area contributed by atoms with Crippen molar-refractivity contribution in [2.75, 3.05) is 19.0 Å². The van der Waals surface area contributed by atoms with E-state index in [4.69, 9.17) is 21.1 Å². The van der Waals surface area contributed by atoms with E-state index in [0.717, 1.165) is 16.6 Å². The van der Waals surface area contributed by atoms with Gasteiger partial charge in [0.05, 0.1) is 25.1 Å². The van der Waals surface area contributed by atoms with Crippen molar-refractivity contribution < 1.29 is 32.3 Å². The highest BCUT2D eigenvalue weighted by Crippen LogP contribution is 2.44. The first-order valence-electron chi connectivity index (χ1n) is 16.7. The van der Waals surface area contributed by atoms with Crippen LogP contribution in [0, 0.1) is 19.3 Å². The molecule has 2 aliphatic carbocycles. The number of hydrogen-bond acceptors (Lipinski definition) is 10. The number of aryl methyl sites for hydroxylation is 2. The molecular weight excluding hydrogens is 811 g/mol. The molecule has 3 N–H and O–H groups in total. The van der Waals surface area contributed by atoms with Crippen LogP contribution in [0.25, 0.3) is 10.8 Å². The second-order valence-corrected chi connectivity index (χ2v) is 18.6. The van der Waals surface area contributed by atoms with Gasteiger partial charge in [-0.05, 0) is 74.4 Å². The van der Waals surface area contributed by atoms with Crippen molar-refractivity contribution in [1.82, 2.24) is 24.9 Å². The van der Waals surface area contributed by atoms with Gasteiger partial charge in [0.1, 0.15) is 35.3 Å². The molecule has 1 aliphatic heterocycles. The lowest BCUT2D eigenvalue weighted by Gasteiger charge is -2.36. The first-order valence-corrected chi connectivity index (χ1v) is 19.9. The van der Waals surface area contributed by atoms with Crippen LogP contribution >= 0.6 is 34.2 Å². The van der Waals surface area contributed by atoms with E-state index in [0.29, 0.717) is 34.8 Å². The molecule has 16 heteroatoms. The maximum atomic E-state index is 14.7. The fraction of sp³-hybridized carbons (Fsp3) is 0.514. The molecule has 3 aliphatic rings. The van der Waals surface area contributed by atoms with Crippen molar-refractivity contribution in [3.05, 3.63) is 52.8 Å². The Morgan fingerprint density at radius 1 is 1.12 bits per heavy atom. The van der Waals surface area contributed by atoms with Crippen molar-refractivity contribution in [3.63, 3.8) is 0 Å². The topological polar surface area (TPSA) is 169 Å². The van der Waals surface area contributed by atoms with Crippen molar-refractivity contribution >= 4 is 78.5 Å². The Kier molecular flexibility index (Phi) is 10.1. The Bertz CT molecular complexity index is 1990. The molecule has 3 fully saturated rings. The van der Waals surface area contributed by atoms with Gasteiger partial charge in [0.25, 0.3) is 5.91 Å². The van der Waals surface area contributed by atoms with Crippen LogP contribution in [0.2, 0.25) is 5.02 Å². The number of rotatable bonds is 11. The zero-order chi connectivity index (χ0) is 37.0. The summed E-state index contributed by atoms with van der Waals surface area (Å²) in [5.41, 5.74) is -0.291. The number of likely N-dealkylation sites (tertiary alicyclic amines) is 1. The quantitative estimate of drug-likeness (QED) is 0.185. The Morgan fingerprint density at radius 3 is 2.43 bits per heavy atom. The van der Waals surface area contributed by atoms with E-state index in [1.165, 1.54) is 18.2 Å². The number of nitrogens with zero attached hydrogens (tertiary/aromatic N) is 3. The average molecular weight is 853 g/mol. The van der Waals surface area contributed by atoms with Crippen LogP contribution in [0.15, 0.2) is 36.5 Å². The van der Waals surface area contributed by atoms with Gasteiger partial charge in [-0.15, -0.1) is 0 Å². The number of amides is 3. The molecule has 51 heavy (non-hydrogen) atoms. The summed E-state index contributed by atoms with van der Waals surface area (Å²) in [6, 6.07) is 7.18. The summed E-state index contributed by atoms with van der Waals surface area (Å²) in [6.45, 7) is 9.62.